The van der Waals surface area contributed by atoms with Crippen LogP contribution in [-0.4, -0.2) is 48.6 Å². The third kappa shape index (κ3) is 3.76. The minimum absolute atomic E-state index is 0.108. The average molecular weight is 449 g/mol. The van der Waals surface area contributed by atoms with E-state index in [0.717, 1.165) is 15.4 Å². The highest BCUT2D eigenvalue weighted by Gasteiger charge is 2.30. The number of nitrogens with one attached hydrogen (secondary N) is 2. The number of nitrogens with zero attached hydrogens (tertiary/aromatic N) is 2. The molecule has 4 rings (SSSR count). The fraction of sp³-hybridized carbons (Fsp3) is 0.222. The van der Waals surface area contributed by atoms with Crippen molar-refractivity contribution < 1.29 is 13.2 Å². The van der Waals surface area contributed by atoms with Crippen molar-refractivity contribution in [3.8, 4) is 0 Å². The summed E-state index contributed by atoms with van der Waals surface area (Å²) in [6, 6.07) is 11.5. The lowest BCUT2D eigenvalue weighted by Gasteiger charge is -2.17. The van der Waals surface area contributed by atoms with Gasteiger partial charge in [-0.3, -0.25) is 9.89 Å². The molecule has 140 valence electrons. The lowest BCUT2D eigenvalue weighted by Crippen LogP contribution is -2.38. The summed E-state index contributed by atoms with van der Waals surface area (Å²) in [5.74, 6) is -0.108. The van der Waals surface area contributed by atoms with Crippen LogP contribution in [0.1, 0.15) is 16.8 Å². The number of benzene rings is 2. The Kier molecular flexibility index (Phi) is 4.75. The predicted octanol–water partition coefficient (Wildman–Crippen LogP) is 2.52. The van der Waals surface area contributed by atoms with E-state index in [2.05, 4.69) is 30.8 Å². The van der Waals surface area contributed by atoms with Crippen molar-refractivity contribution in [3.05, 3.63) is 58.7 Å². The molecule has 2 N–H and O–H groups in total. The summed E-state index contributed by atoms with van der Waals surface area (Å²) in [5, 5.41) is 7.68. The zero-order valence-corrected chi connectivity index (χ0v) is 16.6. The van der Waals surface area contributed by atoms with Crippen molar-refractivity contribution in [2.45, 2.75) is 17.4 Å². The molecule has 3 aromatic rings. The van der Waals surface area contributed by atoms with Crippen molar-refractivity contribution in [2.24, 2.45) is 0 Å². The Morgan fingerprint density at radius 1 is 1.22 bits per heavy atom. The quantitative estimate of drug-likeness (QED) is 0.640. The van der Waals surface area contributed by atoms with Crippen LogP contribution in [0.2, 0.25) is 0 Å². The minimum atomic E-state index is -3.62. The molecule has 0 unspecified atom stereocenters. The van der Waals surface area contributed by atoms with Gasteiger partial charge in [-0.15, -0.1) is 0 Å². The Morgan fingerprint density at radius 3 is 2.78 bits per heavy atom. The molecular weight excluding hydrogens is 432 g/mol. The summed E-state index contributed by atoms with van der Waals surface area (Å²) in [4.78, 5) is 14.6. The van der Waals surface area contributed by atoms with Crippen LogP contribution in [-0.2, 0) is 10.0 Å². The Bertz CT molecular complexity index is 1100. The maximum atomic E-state index is 12.7. The standard InChI is InChI=1S/C18H17BrN4O3S/c19-14-2-4-16(5-3-14)27(25,26)22-15-7-8-23(11-15)18(24)12-1-6-17-13(9-12)10-20-21-17/h1-6,9-10,15,22H,7-8,11H2,(H,20,21)/t15-/m1/s1. The number of carbonyl (C=O) groups is 1. The number of amides is 1. The number of sulfonamides is 1. The van der Waals surface area contributed by atoms with Crippen LogP contribution in [0, 0.1) is 0 Å². The van der Waals surface area contributed by atoms with Crippen LogP contribution >= 0.6 is 15.9 Å². The molecule has 7 nitrogen and oxygen atoms in total. The number of hydrogen-bond acceptors (Lipinski definition) is 4. The zero-order valence-electron chi connectivity index (χ0n) is 14.2. The van der Waals surface area contributed by atoms with Gasteiger partial charge in [-0.2, -0.15) is 5.10 Å². The van der Waals surface area contributed by atoms with Gasteiger partial charge in [0.1, 0.15) is 0 Å². The van der Waals surface area contributed by atoms with Crippen molar-refractivity contribution in [1.82, 2.24) is 19.8 Å². The van der Waals surface area contributed by atoms with Crippen LogP contribution < -0.4 is 4.72 Å². The summed E-state index contributed by atoms with van der Waals surface area (Å²) in [7, 11) is -3.62. The molecule has 2 aromatic carbocycles. The number of rotatable bonds is 4. The summed E-state index contributed by atoms with van der Waals surface area (Å²) in [5.41, 5.74) is 1.44. The van der Waals surface area contributed by atoms with Crippen LogP contribution in [0.15, 0.2) is 58.0 Å². The van der Waals surface area contributed by atoms with E-state index in [9.17, 15) is 13.2 Å². The molecule has 27 heavy (non-hydrogen) atoms. The third-order valence-corrected chi connectivity index (χ3v) is 6.67. The first-order valence-electron chi connectivity index (χ1n) is 8.43. The van der Waals surface area contributed by atoms with E-state index in [1.54, 1.807) is 47.5 Å². The lowest BCUT2D eigenvalue weighted by molar-refractivity contribution is 0.0790. The van der Waals surface area contributed by atoms with Gasteiger partial charge in [0.2, 0.25) is 10.0 Å². The van der Waals surface area contributed by atoms with Gasteiger partial charge in [-0.1, -0.05) is 15.9 Å². The largest absolute Gasteiger partial charge is 0.337 e. The van der Waals surface area contributed by atoms with Crippen molar-refractivity contribution >= 4 is 42.8 Å². The van der Waals surface area contributed by atoms with Gasteiger partial charge in [-0.05, 0) is 48.9 Å². The van der Waals surface area contributed by atoms with Crippen molar-refractivity contribution in [2.75, 3.05) is 13.1 Å². The van der Waals surface area contributed by atoms with E-state index >= 15 is 0 Å². The molecule has 9 heteroatoms. The molecule has 1 aliphatic heterocycles. The normalized spacial score (nSPS) is 17.5. The van der Waals surface area contributed by atoms with E-state index in [4.69, 9.17) is 0 Å². The molecule has 1 saturated heterocycles. The number of likely N-dealkylation sites (tertiary alicyclic amines) is 1. The predicted molar refractivity (Wildman–Crippen MR) is 105 cm³/mol. The van der Waals surface area contributed by atoms with Crippen molar-refractivity contribution in [1.29, 1.82) is 0 Å². The number of hydrogen-bond donors (Lipinski definition) is 2. The molecule has 0 radical (unpaired) electrons. The second-order valence-electron chi connectivity index (χ2n) is 6.48. The van der Waals surface area contributed by atoms with E-state index in [0.29, 0.717) is 25.1 Å². The van der Waals surface area contributed by atoms with Crippen molar-refractivity contribution in [3.63, 3.8) is 0 Å². The molecular formula is C18H17BrN4O3S. The molecule has 0 aliphatic carbocycles. The molecule has 0 saturated carbocycles. The smallest absolute Gasteiger partial charge is 0.253 e. The summed E-state index contributed by atoms with van der Waals surface area (Å²) >= 11 is 3.29. The van der Waals surface area contributed by atoms with Crippen LogP contribution in [0.5, 0.6) is 0 Å². The van der Waals surface area contributed by atoms with E-state index in [1.165, 1.54) is 0 Å². The Hall–Kier alpha value is -2.23. The van der Waals surface area contributed by atoms with Gasteiger partial charge in [0.05, 0.1) is 16.6 Å². The SMILES string of the molecule is O=C(c1ccc2[nH]ncc2c1)N1CC[C@@H](NS(=O)(=O)c2ccc(Br)cc2)C1. The topological polar surface area (TPSA) is 95.2 Å². The first kappa shape index (κ1) is 18.1. The molecule has 0 bridgehead atoms. The molecule has 1 atom stereocenters. The highest BCUT2D eigenvalue weighted by molar-refractivity contribution is 9.10. The van der Waals surface area contributed by atoms with Gasteiger partial charge in [0, 0.05) is 34.6 Å². The minimum Gasteiger partial charge on any atom is -0.337 e. The molecule has 1 aromatic heterocycles. The number of fused-ring (bicyclic) bond motifs is 1. The number of aromatic amines is 1. The number of H-pyrrole nitrogens is 1. The molecule has 1 aliphatic rings. The van der Waals surface area contributed by atoms with E-state index < -0.39 is 10.0 Å². The molecule has 1 amide bonds. The number of aromatic nitrogens is 2. The highest BCUT2D eigenvalue weighted by Crippen LogP contribution is 2.20. The average Bonchev–Trinajstić information content (AvgIpc) is 3.29. The van der Waals surface area contributed by atoms with Crippen LogP contribution in [0.3, 0.4) is 0 Å². The first-order chi connectivity index (χ1) is 12.9. The Labute approximate surface area is 164 Å². The number of carbonyl (C=O) groups excluding carboxylic acids is 1. The highest BCUT2D eigenvalue weighted by atomic mass is 79.9. The maximum absolute atomic E-state index is 12.7. The van der Waals surface area contributed by atoms with Gasteiger partial charge in [0.15, 0.2) is 0 Å². The van der Waals surface area contributed by atoms with Gasteiger partial charge < -0.3 is 4.90 Å². The second kappa shape index (κ2) is 7.06. The maximum Gasteiger partial charge on any atom is 0.253 e. The fourth-order valence-electron chi connectivity index (χ4n) is 3.20. The second-order valence-corrected chi connectivity index (χ2v) is 9.11. The van der Waals surface area contributed by atoms with Crippen LogP contribution in [0.25, 0.3) is 10.9 Å². The third-order valence-electron chi connectivity index (χ3n) is 4.61. The van der Waals surface area contributed by atoms with E-state index in [1.807, 2.05) is 6.07 Å². The zero-order chi connectivity index (χ0) is 19.0. The fourth-order valence-corrected chi connectivity index (χ4v) is 4.73. The lowest BCUT2D eigenvalue weighted by atomic mass is 10.1. The molecule has 2 heterocycles. The molecule has 1 fully saturated rings. The van der Waals surface area contributed by atoms with Gasteiger partial charge >= 0.3 is 0 Å². The number of halogens is 1. The summed E-state index contributed by atoms with van der Waals surface area (Å²) in [6.07, 6.45) is 2.25. The Morgan fingerprint density at radius 2 is 2.00 bits per heavy atom. The monoisotopic (exact) mass is 448 g/mol. The first-order valence-corrected chi connectivity index (χ1v) is 10.7. The van der Waals surface area contributed by atoms with Gasteiger partial charge in [0.25, 0.3) is 5.91 Å². The van der Waals surface area contributed by atoms with E-state index in [-0.39, 0.29) is 16.8 Å². The Balaban J connectivity index is 1.45. The van der Waals surface area contributed by atoms with Gasteiger partial charge in [-0.25, -0.2) is 13.1 Å². The summed E-state index contributed by atoms with van der Waals surface area (Å²) in [6.45, 7) is 0.855. The summed E-state index contributed by atoms with van der Waals surface area (Å²) < 4.78 is 28.6. The van der Waals surface area contributed by atoms with Crippen LogP contribution in [0.4, 0.5) is 0 Å². The molecule has 0 spiro atoms.